The number of carbonyl (C=O) groups excluding carboxylic acids is 1. The van der Waals surface area contributed by atoms with E-state index in [1.165, 1.54) is 12.4 Å². The Morgan fingerprint density at radius 3 is 2.67 bits per heavy atom. The van der Waals surface area contributed by atoms with E-state index < -0.39 is 0 Å². The number of aryl methyl sites for hydroxylation is 2. The number of anilines is 2. The summed E-state index contributed by atoms with van der Waals surface area (Å²) < 4.78 is 14.4. The lowest BCUT2D eigenvalue weighted by molar-refractivity contribution is -0.131. The maximum atomic E-state index is 12.3. The third-order valence-corrected chi connectivity index (χ3v) is 8.11. The Morgan fingerprint density at radius 1 is 1.05 bits per heavy atom. The molecule has 5 heterocycles. The molecule has 3 aromatic heterocycles. The van der Waals surface area contributed by atoms with Crippen LogP contribution in [0.1, 0.15) is 31.2 Å². The highest BCUT2D eigenvalue weighted by Crippen LogP contribution is 2.37. The molecule has 3 atom stereocenters. The molecule has 42 heavy (non-hydrogen) atoms. The number of amides is 1. The van der Waals surface area contributed by atoms with Crippen LogP contribution in [0.25, 0.3) is 22.1 Å². The predicted octanol–water partition coefficient (Wildman–Crippen LogP) is 5.24. The van der Waals surface area contributed by atoms with Gasteiger partial charge in [0, 0.05) is 43.7 Å². The Hall–Kier alpha value is -5.06. The number of hydrogen-bond donors (Lipinski definition) is 1. The number of nitrogens with zero attached hydrogens (tertiary/aromatic N) is 7. The van der Waals surface area contributed by atoms with Crippen LogP contribution in [-0.4, -0.2) is 58.5 Å². The van der Waals surface area contributed by atoms with Crippen molar-refractivity contribution in [3.8, 4) is 17.5 Å². The second-order valence-corrected chi connectivity index (χ2v) is 10.9. The fourth-order valence-electron chi connectivity index (χ4n) is 6.11. The largest absolute Gasteiger partial charge is 0.460 e. The van der Waals surface area contributed by atoms with Crippen molar-refractivity contribution in [3.05, 3.63) is 73.5 Å². The molecule has 0 saturated carbocycles. The molecule has 0 radical (unpaired) electrons. The molecule has 7 rings (SSSR count). The topological polar surface area (TPSA) is 120 Å². The zero-order valence-electron chi connectivity index (χ0n) is 23.4. The van der Waals surface area contributed by atoms with Crippen LogP contribution >= 0.6 is 0 Å². The smallest absolute Gasteiger partial charge is 0.317 e. The maximum absolute atomic E-state index is 12.3. The van der Waals surface area contributed by atoms with Gasteiger partial charge in [-0.15, -0.1) is 0 Å². The van der Waals surface area contributed by atoms with Gasteiger partial charge in [-0.1, -0.05) is 6.58 Å². The van der Waals surface area contributed by atoms with Crippen LogP contribution in [-0.2, 0) is 11.8 Å². The average Bonchev–Trinajstić information content (AvgIpc) is 3.49. The molecular weight excluding hydrogens is 532 g/mol. The first kappa shape index (κ1) is 25.9. The van der Waals surface area contributed by atoms with Crippen molar-refractivity contribution >= 4 is 39.5 Å². The molecule has 0 aliphatic carbocycles. The lowest BCUT2D eigenvalue weighted by Crippen LogP contribution is -2.48. The summed E-state index contributed by atoms with van der Waals surface area (Å²) in [5.74, 6) is 2.02. The Kier molecular flexibility index (Phi) is 6.41. The van der Waals surface area contributed by atoms with E-state index in [1.807, 2.05) is 59.8 Å². The molecule has 2 aliphatic heterocycles. The predicted molar refractivity (Wildman–Crippen MR) is 158 cm³/mol. The molecule has 2 aliphatic rings. The summed E-state index contributed by atoms with van der Waals surface area (Å²) in [6.45, 7) is 5.65. The number of piperidine rings is 1. The second-order valence-electron chi connectivity index (χ2n) is 10.9. The van der Waals surface area contributed by atoms with Gasteiger partial charge in [0.05, 0.1) is 23.6 Å². The van der Waals surface area contributed by atoms with Gasteiger partial charge in [0.15, 0.2) is 5.82 Å². The Balaban J connectivity index is 1.08. The van der Waals surface area contributed by atoms with Crippen LogP contribution < -0.4 is 14.8 Å². The van der Waals surface area contributed by atoms with Gasteiger partial charge in [-0.2, -0.15) is 4.98 Å². The number of aromatic nitrogens is 6. The van der Waals surface area contributed by atoms with E-state index in [1.54, 1.807) is 12.5 Å². The molecule has 11 nitrogen and oxygen atoms in total. The molecule has 1 N–H and O–H groups in total. The first-order chi connectivity index (χ1) is 20.4. The van der Waals surface area contributed by atoms with Crippen LogP contribution in [0.3, 0.4) is 0 Å². The minimum atomic E-state index is -0.0663. The van der Waals surface area contributed by atoms with Crippen molar-refractivity contribution < 1.29 is 14.3 Å². The monoisotopic (exact) mass is 562 g/mol. The highest BCUT2D eigenvalue weighted by Gasteiger charge is 2.43. The number of nitrogens with one attached hydrogen (secondary N) is 1. The van der Waals surface area contributed by atoms with Crippen LogP contribution in [0.4, 0.5) is 11.5 Å². The van der Waals surface area contributed by atoms with Gasteiger partial charge in [0.2, 0.25) is 5.91 Å². The average molecular weight is 563 g/mol. The van der Waals surface area contributed by atoms with Crippen molar-refractivity contribution in [2.24, 2.45) is 7.05 Å². The SMILES string of the molecule is C=CC(=O)N1[C@@H]2CC[C@H]1CC(Oc1ncc3ncnc(Nc4ccc(Oc5ccc6c(c5)ncn6C)c(C)c4)c3n1)C2. The Morgan fingerprint density at radius 2 is 1.88 bits per heavy atom. The molecular formula is C31H30N8O3. The fourth-order valence-corrected chi connectivity index (χ4v) is 6.11. The standard InChI is InChI=1S/C31H30N8O3/c1-4-28(40)39-20-6-7-21(39)13-23(12-20)42-31-32-15-25-29(37-31)30(34-16-33-25)36-19-5-10-27(18(2)11-19)41-22-8-9-26-24(14-22)35-17-38(26)3/h4-5,8-11,14-17,20-21,23H,1,6-7,12-13H2,2-3H3,(H,33,34,36)/t20-,21+,23?. The van der Waals surface area contributed by atoms with Crippen LogP contribution in [0.2, 0.25) is 0 Å². The van der Waals surface area contributed by atoms with Crippen LogP contribution in [0, 0.1) is 6.92 Å². The normalized spacial score (nSPS) is 19.7. The Labute approximate surface area is 242 Å². The van der Waals surface area contributed by atoms with Gasteiger partial charge in [-0.25, -0.2) is 19.9 Å². The maximum Gasteiger partial charge on any atom is 0.317 e. The number of ether oxygens (including phenoxy) is 2. The number of hydrogen-bond acceptors (Lipinski definition) is 9. The van der Waals surface area contributed by atoms with Crippen molar-refractivity contribution in [1.82, 2.24) is 34.4 Å². The van der Waals surface area contributed by atoms with Gasteiger partial charge in [0.1, 0.15) is 35.0 Å². The summed E-state index contributed by atoms with van der Waals surface area (Å²) in [5.41, 5.74) is 4.88. The first-order valence-electron chi connectivity index (χ1n) is 14.0. The van der Waals surface area contributed by atoms with E-state index in [0.29, 0.717) is 16.9 Å². The van der Waals surface area contributed by atoms with E-state index in [9.17, 15) is 4.79 Å². The van der Waals surface area contributed by atoms with Crippen LogP contribution in [0.15, 0.2) is 67.9 Å². The first-order valence-corrected chi connectivity index (χ1v) is 14.0. The van der Waals surface area contributed by atoms with E-state index in [4.69, 9.17) is 9.47 Å². The third-order valence-electron chi connectivity index (χ3n) is 8.11. The van der Waals surface area contributed by atoms with E-state index in [-0.39, 0.29) is 30.1 Å². The van der Waals surface area contributed by atoms with Gasteiger partial charge in [-0.3, -0.25) is 4.79 Å². The molecule has 2 saturated heterocycles. The number of benzene rings is 2. The highest BCUT2D eigenvalue weighted by atomic mass is 16.5. The lowest BCUT2D eigenvalue weighted by Gasteiger charge is -2.37. The zero-order chi connectivity index (χ0) is 28.8. The summed E-state index contributed by atoms with van der Waals surface area (Å²) in [5, 5.41) is 3.37. The van der Waals surface area contributed by atoms with E-state index >= 15 is 0 Å². The summed E-state index contributed by atoms with van der Waals surface area (Å²) >= 11 is 0. The number of carbonyl (C=O) groups is 1. The van der Waals surface area contributed by atoms with Crippen LogP contribution in [0.5, 0.6) is 17.5 Å². The summed E-state index contributed by atoms with van der Waals surface area (Å²) in [4.78, 5) is 36.5. The van der Waals surface area contributed by atoms with Crippen molar-refractivity contribution in [3.63, 3.8) is 0 Å². The van der Waals surface area contributed by atoms with E-state index in [0.717, 1.165) is 59.5 Å². The van der Waals surface area contributed by atoms with Crippen molar-refractivity contribution in [2.75, 3.05) is 5.32 Å². The van der Waals surface area contributed by atoms with Gasteiger partial charge in [0.25, 0.3) is 0 Å². The second kappa shape index (κ2) is 10.4. The minimum Gasteiger partial charge on any atom is -0.460 e. The molecule has 11 heteroatoms. The quantitative estimate of drug-likeness (QED) is 0.266. The number of imidazole rings is 1. The third kappa shape index (κ3) is 4.76. The summed E-state index contributed by atoms with van der Waals surface area (Å²) in [6, 6.07) is 12.3. The van der Waals surface area contributed by atoms with Crippen molar-refractivity contribution in [1.29, 1.82) is 0 Å². The molecule has 5 aromatic rings. The molecule has 212 valence electrons. The highest BCUT2D eigenvalue weighted by molar-refractivity contribution is 5.88. The summed E-state index contributed by atoms with van der Waals surface area (Å²) in [6.07, 6.45) is 9.71. The minimum absolute atomic E-state index is 0.00316. The van der Waals surface area contributed by atoms with Gasteiger partial charge in [-0.05, 0) is 61.7 Å². The number of fused-ring (bicyclic) bond motifs is 4. The molecule has 0 spiro atoms. The Bertz CT molecular complexity index is 1820. The van der Waals surface area contributed by atoms with Crippen molar-refractivity contribution in [2.45, 2.75) is 50.8 Å². The molecule has 1 amide bonds. The van der Waals surface area contributed by atoms with E-state index in [2.05, 4.69) is 36.8 Å². The molecule has 1 unspecified atom stereocenters. The zero-order valence-corrected chi connectivity index (χ0v) is 23.4. The number of rotatable bonds is 7. The molecule has 2 bridgehead atoms. The molecule has 2 fully saturated rings. The fraction of sp³-hybridized carbons (Fsp3) is 0.290. The van der Waals surface area contributed by atoms with Gasteiger partial charge < -0.3 is 24.3 Å². The summed E-state index contributed by atoms with van der Waals surface area (Å²) in [7, 11) is 1.97. The van der Waals surface area contributed by atoms with Gasteiger partial charge >= 0.3 is 6.01 Å². The molecule has 2 aromatic carbocycles. The lowest BCUT2D eigenvalue weighted by atomic mass is 9.99.